The zero-order chi connectivity index (χ0) is 10.8. The molecule has 0 saturated heterocycles. The van der Waals surface area contributed by atoms with Crippen molar-refractivity contribution in [2.24, 2.45) is 0 Å². The molecule has 2 rings (SSSR count). The Morgan fingerprint density at radius 2 is 1.93 bits per heavy atom. The molecule has 0 fully saturated rings. The Morgan fingerprint density at radius 3 is 2.67 bits per heavy atom. The molecule has 0 amide bonds. The van der Waals surface area contributed by atoms with E-state index in [2.05, 4.69) is 68.0 Å². The lowest BCUT2D eigenvalue weighted by molar-refractivity contribution is 1.26. The normalized spacial score (nSPS) is 10.3. The van der Waals surface area contributed by atoms with E-state index < -0.39 is 0 Å². The standard InChI is InChI=1S/C12H9Br2N/c1-8-3-2-4-9(5-8)10-6-12(14)15-7-11(10)13/h2-7H,1H3. The minimum absolute atomic E-state index is 0.849. The summed E-state index contributed by atoms with van der Waals surface area (Å²) in [4.78, 5) is 4.16. The highest BCUT2D eigenvalue weighted by Crippen LogP contribution is 2.29. The molecule has 1 aromatic heterocycles. The van der Waals surface area contributed by atoms with E-state index in [0.29, 0.717) is 0 Å². The van der Waals surface area contributed by atoms with E-state index in [-0.39, 0.29) is 0 Å². The third-order valence-electron chi connectivity index (χ3n) is 2.15. The second-order valence-electron chi connectivity index (χ2n) is 3.36. The van der Waals surface area contributed by atoms with Crippen molar-refractivity contribution in [2.45, 2.75) is 6.92 Å². The van der Waals surface area contributed by atoms with Crippen LogP contribution in [-0.4, -0.2) is 4.98 Å². The van der Waals surface area contributed by atoms with E-state index in [1.54, 1.807) is 0 Å². The Kier molecular flexibility index (Phi) is 3.22. The maximum absolute atomic E-state index is 4.16. The first kappa shape index (κ1) is 10.8. The molecule has 1 nitrogen and oxygen atoms in total. The lowest BCUT2D eigenvalue weighted by Crippen LogP contribution is -1.84. The summed E-state index contributed by atoms with van der Waals surface area (Å²) in [6, 6.07) is 10.4. The van der Waals surface area contributed by atoms with Gasteiger partial charge in [0.05, 0.1) is 0 Å². The lowest BCUT2D eigenvalue weighted by atomic mass is 10.1. The first-order chi connectivity index (χ1) is 7.16. The van der Waals surface area contributed by atoms with Crippen LogP contribution in [0.25, 0.3) is 11.1 Å². The first-order valence-corrected chi connectivity index (χ1v) is 6.13. The molecule has 15 heavy (non-hydrogen) atoms. The quantitative estimate of drug-likeness (QED) is 0.699. The van der Waals surface area contributed by atoms with Crippen LogP contribution in [0.1, 0.15) is 5.56 Å². The number of aryl methyl sites for hydroxylation is 1. The van der Waals surface area contributed by atoms with E-state index in [1.807, 2.05) is 12.3 Å². The molecule has 0 radical (unpaired) electrons. The maximum atomic E-state index is 4.16. The molecule has 0 saturated carbocycles. The summed E-state index contributed by atoms with van der Waals surface area (Å²) in [5, 5.41) is 0. The van der Waals surface area contributed by atoms with Gasteiger partial charge in [0.25, 0.3) is 0 Å². The number of nitrogens with zero attached hydrogens (tertiary/aromatic N) is 1. The summed E-state index contributed by atoms with van der Waals surface area (Å²) in [5.74, 6) is 0. The molecule has 0 atom stereocenters. The molecule has 0 N–H and O–H groups in total. The summed E-state index contributed by atoms with van der Waals surface area (Å²) in [6.07, 6.45) is 1.81. The van der Waals surface area contributed by atoms with Gasteiger partial charge < -0.3 is 0 Å². The number of rotatable bonds is 1. The highest BCUT2D eigenvalue weighted by Gasteiger charge is 2.04. The van der Waals surface area contributed by atoms with Crippen molar-refractivity contribution in [3.05, 3.63) is 51.2 Å². The molecule has 0 aliphatic carbocycles. The fourth-order valence-electron chi connectivity index (χ4n) is 1.45. The lowest BCUT2D eigenvalue weighted by Gasteiger charge is -2.05. The monoisotopic (exact) mass is 325 g/mol. The Labute approximate surface area is 106 Å². The highest BCUT2D eigenvalue weighted by atomic mass is 79.9. The van der Waals surface area contributed by atoms with Gasteiger partial charge in [0, 0.05) is 16.2 Å². The van der Waals surface area contributed by atoms with Crippen molar-refractivity contribution in [2.75, 3.05) is 0 Å². The van der Waals surface area contributed by atoms with E-state index >= 15 is 0 Å². The summed E-state index contributed by atoms with van der Waals surface area (Å²) in [6.45, 7) is 2.09. The minimum atomic E-state index is 0.849. The van der Waals surface area contributed by atoms with Gasteiger partial charge in [-0.2, -0.15) is 0 Å². The van der Waals surface area contributed by atoms with Crippen LogP contribution in [0.4, 0.5) is 0 Å². The summed E-state index contributed by atoms with van der Waals surface area (Å²) < 4.78 is 1.86. The minimum Gasteiger partial charge on any atom is -0.248 e. The first-order valence-electron chi connectivity index (χ1n) is 4.55. The summed E-state index contributed by atoms with van der Waals surface area (Å²) in [5.41, 5.74) is 3.61. The highest BCUT2D eigenvalue weighted by molar-refractivity contribution is 9.11. The molecular weight excluding hydrogens is 318 g/mol. The van der Waals surface area contributed by atoms with Crippen molar-refractivity contribution < 1.29 is 0 Å². The Hall–Kier alpha value is -0.670. The van der Waals surface area contributed by atoms with Gasteiger partial charge in [0.1, 0.15) is 4.60 Å². The average molecular weight is 327 g/mol. The van der Waals surface area contributed by atoms with Gasteiger partial charge in [-0.25, -0.2) is 4.98 Å². The maximum Gasteiger partial charge on any atom is 0.106 e. The van der Waals surface area contributed by atoms with Crippen molar-refractivity contribution in [1.82, 2.24) is 4.98 Å². The number of benzene rings is 1. The van der Waals surface area contributed by atoms with Crippen LogP contribution in [0, 0.1) is 6.92 Å². The number of hydrogen-bond acceptors (Lipinski definition) is 1. The molecule has 0 bridgehead atoms. The van der Waals surface area contributed by atoms with Gasteiger partial charge in [-0.05, 0) is 50.4 Å². The van der Waals surface area contributed by atoms with Crippen molar-refractivity contribution >= 4 is 31.9 Å². The zero-order valence-corrected chi connectivity index (χ0v) is 11.3. The second-order valence-corrected chi connectivity index (χ2v) is 5.02. The topological polar surface area (TPSA) is 12.9 Å². The van der Waals surface area contributed by atoms with E-state index in [4.69, 9.17) is 0 Å². The molecule has 3 heteroatoms. The van der Waals surface area contributed by atoms with Gasteiger partial charge in [-0.15, -0.1) is 0 Å². The van der Waals surface area contributed by atoms with Crippen LogP contribution in [0.3, 0.4) is 0 Å². The summed E-state index contributed by atoms with van der Waals surface area (Å²) >= 11 is 6.89. The Morgan fingerprint density at radius 1 is 1.13 bits per heavy atom. The van der Waals surface area contributed by atoms with E-state index in [0.717, 1.165) is 14.6 Å². The van der Waals surface area contributed by atoms with Crippen LogP contribution < -0.4 is 0 Å². The van der Waals surface area contributed by atoms with Crippen LogP contribution in [0.15, 0.2) is 45.6 Å². The fraction of sp³-hybridized carbons (Fsp3) is 0.0833. The number of halogens is 2. The summed E-state index contributed by atoms with van der Waals surface area (Å²) in [7, 11) is 0. The average Bonchev–Trinajstić information content (AvgIpc) is 2.22. The van der Waals surface area contributed by atoms with Crippen LogP contribution in [-0.2, 0) is 0 Å². The van der Waals surface area contributed by atoms with Gasteiger partial charge in [0.15, 0.2) is 0 Å². The molecule has 0 aliphatic rings. The van der Waals surface area contributed by atoms with Gasteiger partial charge in [-0.3, -0.25) is 0 Å². The van der Waals surface area contributed by atoms with Crippen molar-refractivity contribution in [1.29, 1.82) is 0 Å². The molecule has 76 valence electrons. The van der Waals surface area contributed by atoms with Crippen LogP contribution in [0.5, 0.6) is 0 Å². The van der Waals surface area contributed by atoms with Gasteiger partial charge in [0.2, 0.25) is 0 Å². The van der Waals surface area contributed by atoms with Gasteiger partial charge >= 0.3 is 0 Å². The van der Waals surface area contributed by atoms with E-state index in [9.17, 15) is 0 Å². The number of aromatic nitrogens is 1. The zero-order valence-electron chi connectivity index (χ0n) is 8.17. The van der Waals surface area contributed by atoms with Crippen LogP contribution in [0.2, 0.25) is 0 Å². The molecule has 2 aromatic rings. The van der Waals surface area contributed by atoms with Crippen LogP contribution >= 0.6 is 31.9 Å². The third kappa shape index (κ3) is 2.47. The third-order valence-corrected chi connectivity index (χ3v) is 3.22. The van der Waals surface area contributed by atoms with Crippen molar-refractivity contribution in [3.8, 4) is 11.1 Å². The smallest absolute Gasteiger partial charge is 0.106 e. The molecule has 1 aromatic carbocycles. The molecule has 0 spiro atoms. The Balaban J connectivity index is 2.58. The second kappa shape index (κ2) is 4.45. The molecule has 1 heterocycles. The van der Waals surface area contributed by atoms with E-state index in [1.165, 1.54) is 11.1 Å². The van der Waals surface area contributed by atoms with Gasteiger partial charge in [-0.1, -0.05) is 29.8 Å². The predicted octanol–water partition coefficient (Wildman–Crippen LogP) is 4.58. The predicted molar refractivity (Wildman–Crippen MR) is 69.8 cm³/mol. The SMILES string of the molecule is Cc1cccc(-c2cc(Br)ncc2Br)c1. The number of pyridine rings is 1. The molecular formula is C12H9Br2N. The largest absolute Gasteiger partial charge is 0.248 e. The number of hydrogen-bond donors (Lipinski definition) is 0. The molecule has 0 unspecified atom stereocenters. The fourth-order valence-corrected chi connectivity index (χ4v) is 2.22. The van der Waals surface area contributed by atoms with Crippen molar-refractivity contribution in [3.63, 3.8) is 0 Å². The Bertz CT molecular complexity index is 495. The molecule has 0 aliphatic heterocycles.